The van der Waals surface area contributed by atoms with E-state index < -0.39 is 21.5 Å². The van der Waals surface area contributed by atoms with Crippen molar-refractivity contribution in [2.75, 3.05) is 0 Å². The van der Waals surface area contributed by atoms with E-state index in [-0.39, 0.29) is 7.25 Å². The van der Waals surface area contributed by atoms with Gasteiger partial charge in [-0.25, -0.2) is 0 Å². The zero-order chi connectivity index (χ0) is 39.2. The van der Waals surface area contributed by atoms with Gasteiger partial charge in [-0.05, 0) is 0 Å². The molecule has 0 fully saturated rings. The van der Waals surface area contributed by atoms with Gasteiger partial charge in [-0.1, -0.05) is 0 Å². The molecule has 0 amide bonds. The van der Waals surface area contributed by atoms with Crippen molar-refractivity contribution in [1.29, 1.82) is 0 Å². The Kier molecular flexibility index (Phi) is 11.0. The predicted molar refractivity (Wildman–Crippen MR) is 246 cm³/mol. The van der Waals surface area contributed by atoms with Gasteiger partial charge in [0.1, 0.15) is 0 Å². The van der Waals surface area contributed by atoms with Crippen molar-refractivity contribution < 1.29 is 15.6 Å². The zero-order valence-electron chi connectivity index (χ0n) is 33.7. The van der Waals surface area contributed by atoms with E-state index in [1.807, 2.05) is 0 Å². The SMILES string of the molecule is CCC1=Cc2c(ccc(-c3ccccc3)c2-c2ccccc2CC)[CH]1[Zr]([Cl])([Cl])([CH]1C(CC)=Cc2c1ccc(-c1ccccc1)c2-c1ccccc1CC)[SiH](C)C. The Morgan fingerprint density at radius 3 is 1.18 bits per heavy atom. The summed E-state index contributed by atoms with van der Waals surface area (Å²) in [4.78, 5) is 0. The number of benzene rings is 6. The number of fused-ring (bicyclic) bond motifs is 2. The Bertz CT molecular complexity index is 2330. The molecule has 56 heavy (non-hydrogen) atoms. The average molecular weight is 868 g/mol. The molecule has 0 nitrogen and oxygen atoms in total. The summed E-state index contributed by atoms with van der Waals surface area (Å²) in [5.41, 5.74) is 21.2. The van der Waals surface area contributed by atoms with E-state index in [0.29, 0.717) is 0 Å². The van der Waals surface area contributed by atoms with Crippen LogP contribution in [0.15, 0.2) is 145 Å². The predicted octanol–water partition coefficient (Wildman–Crippen LogP) is 15.9. The Morgan fingerprint density at radius 1 is 0.446 bits per heavy atom. The van der Waals surface area contributed by atoms with Crippen molar-refractivity contribution in [1.82, 2.24) is 0 Å². The number of allylic oxidation sites excluding steroid dienone is 2. The minimum absolute atomic E-state index is 0.0369. The number of aryl methyl sites for hydroxylation is 2. The number of hydrogen-bond acceptors (Lipinski definition) is 0. The molecule has 283 valence electrons. The second-order valence-electron chi connectivity index (χ2n) is 16.1. The van der Waals surface area contributed by atoms with E-state index >= 15 is 0 Å². The molecule has 0 saturated carbocycles. The van der Waals surface area contributed by atoms with E-state index in [1.54, 1.807) is 0 Å². The fourth-order valence-electron chi connectivity index (χ4n) is 10.2. The summed E-state index contributed by atoms with van der Waals surface area (Å²) in [6.07, 6.45) is 8.83. The molecule has 0 aliphatic heterocycles. The Balaban J connectivity index is 1.41. The average Bonchev–Trinajstić information content (AvgIpc) is 3.84. The molecule has 0 N–H and O–H groups in total. The summed E-state index contributed by atoms with van der Waals surface area (Å²) in [5, 5.41) is 0. The third-order valence-electron chi connectivity index (χ3n) is 13.1. The molecule has 2 aliphatic rings. The Labute approximate surface area is 344 Å². The fourth-order valence-corrected chi connectivity index (χ4v) is 42.0. The molecular weight excluding hydrogens is 815 g/mol. The van der Waals surface area contributed by atoms with Crippen molar-refractivity contribution in [2.24, 2.45) is 0 Å². The Morgan fingerprint density at radius 2 is 0.821 bits per heavy atom. The van der Waals surface area contributed by atoms with Crippen molar-refractivity contribution >= 4 is 35.1 Å². The fraction of sp³-hybridized carbons (Fsp3) is 0.231. The number of hydrogen-bond donors (Lipinski definition) is 0. The van der Waals surface area contributed by atoms with E-state index in [4.69, 9.17) is 17.0 Å². The summed E-state index contributed by atoms with van der Waals surface area (Å²) in [5.74, 6) is -1.74. The molecule has 4 heteroatoms. The standard InChI is InChI=1S/2C25H23.C2H7Si.2ClH.Zr/c2*1-3-18-16-21-14-15-23(20-11-6-5-7-12-20)25(24(21)17-18)22-13-9-8-10-19(22)4-2;1-3-2;;;/h2*5-17H,3-4H2,1-2H3;3H,1-2H3;2*1H;/q;;;;;+2/p-2. The summed E-state index contributed by atoms with van der Waals surface area (Å²) >= 11 is -5.02. The van der Waals surface area contributed by atoms with Crippen LogP contribution in [0.2, 0.25) is 13.1 Å². The van der Waals surface area contributed by atoms with Gasteiger partial charge in [-0.3, -0.25) is 0 Å². The summed E-state index contributed by atoms with van der Waals surface area (Å²) in [7, 11) is 17.9. The molecule has 0 heterocycles. The van der Waals surface area contributed by atoms with Crippen LogP contribution >= 0.6 is 17.0 Å². The van der Waals surface area contributed by atoms with Crippen LogP contribution in [0.3, 0.4) is 0 Å². The molecule has 0 spiro atoms. The van der Waals surface area contributed by atoms with Crippen LogP contribution in [0.4, 0.5) is 0 Å². The molecule has 0 radical (unpaired) electrons. The van der Waals surface area contributed by atoms with Gasteiger partial charge in [-0.2, -0.15) is 0 Å². The zero-order valence-corrected chi connectivity index (χ0v) is 38.8. The molecule has 0 saturated heterocycles. The van der Waals surface area contributed by atoms with Gasteiger partial charge < -0.3 is 0 Å². The third-order valence-corrected chi connectivity index (χ3v) is 65.0. The van der Waals surface area contributed by atoms with Gasteiger partial charge in [0, 0.05) is 0 Å². The van der Waals surface area contributed by atoms with Gasteiger partial charge in [-0.15, -0.1) is 0 Å². The van der Waals surface area contributed by atoms with Gasteiger partial charge in [0.2, 0.25) is 0 Å². The van der Waals surface area contributed by atoms with E-state index in [9.17, 15) is 0 Å². The molecule has 2 unspecified atom stereocenters. The molecule has 0 aromatic heterocycles. The first-order valence-corrected chi connectivity index (χ1v) is 37.1. The molecule has 6 aromatic rings. The van der Waals surface area contributed by atoms with E-state index in [2.05, 4.69) is 186 Å². The summed E-state index contributed by atoms with van der Waals surface area (Å²) in [6, 6.07) is 49.4. The monoisotopic (exact) mass is 865 g/mol. The molecule has 0 bridgehead atoms. The van der Waals surface area contributed by atoms with Crippen LogP contribution in [0.5, 0.6) is 0 Å². The van der Waals surface area contributed by atoms with E-state index in [0.717, 1.165) is 25.7 Å². The molecule has 8 rings (SSSR count). The number of rotatable bonds is 11. The van der Waals surface area contributed by atoms with Crippen LogP contribution in [-0.2, 0) is 28.4 Å². The third kappa shape index (κ3) is 6.26. The molecule has 2 atom stereocenters. The van der Waals surface area contributed by atoms with Gasteiger partial charge in [0.05, 0.1) is 0 Å². The first-order chi connectivity index (χ1) is 27.2. The molecule has 2 aliphatic carbocycles. The Hall–Kier alpha value is -3.52. The topological polar surface area (TPSA) is 0 Å². The second kappa shape index (κ2) is 15.7. The normalized spacial score (nSPS) is 16.9. The van der Waals surface area contributed by atoms with Crippen molar-refractivity contribution in [3.63, 3.8) is 0 Å². The van der Waals surface area contributed by atoms with Gasteiger partial charge in [0.15, 0.2) is 0 Å². The van der Waals surface area contributed by atoms with Crippen LogP contribution in [0.25, 0.3) is 56.7 Å². The van der Waals surface area contributed by atoms with Crippen LogP contribution < -0.4 is 0 Å². The van der Waals surface area contributed by atoms with Crippen LogP contribution in [0.1, 0.15) is 81.2 Å². The first kappa shape index (κ1) is 39.3. The van der Waals surface area contributed by atoms with Crippen molar-refractivity contribution in [3.05, 3.63) is 178 Å². The van der Waals surface area contributed by atoms with Crippen LogP contribution in [0, 0.1) is 0 Å². The summed E-state index contributed by atoms with van der Waals surface area (Å²) < 4.78 is 0.0739. The van der Waals surface area contributed by atoms with Gasteiger partial charge >= 0.3 is 347 Å². The quantitative estimate of drug-likeness (QED) is 0.114. The van der Waals surface area contributed by atoms with Crippen molar-refractivity contribution in [2.45, 2.75) is 73.7 Å². The second-order valence-corrected chi connectivity index (χ2v) is 58.6. The van der Waals surface area contributed by atoms with Gasteiger partial charge in [0.25, 0.3) is 0 Å². The molecule has 6 aromatic carbocycles. The maximum absolute atomic E-state index is 8.93. The summed E-state index contributed by atoms with van der Waals surface area (Å²) in [6.45, 7) is 14.1. The van der Waals surface area contributed by atoms with Crippen LogP contribution in [-0.4, -0.2) is 5.92 Å². The molecular formula is C52H53Cl2SiZr. The number of halogens is 2. The first-order valence-electron chi connectivity index (χ1n) is 20.7. The van der Waals surface area contributed by atoms with E-state index in [1.165, 1.54) is 89.0 Å². The van der Waals surface area contributed by atoms with Crippen molar-refractivity contribution in [3.8, 4) is 44.5 Å². The maximum atomic E-state index is 8.93. The minimum atomic E-state index is -5.02.